The number of para-hydroxylation sites is 1. The lowest BCUT2D eigenvalue weighted by Crippen LogP contribution is -2.28. The fourth-order valence-electron chi connectivity index (χ4n) is 11.9. The Labute approximate surface area is 432 Å². The van der Waals surface area contributed by atoms with Crippen LogP contribution in [0.4, 0.5) is 0 Å². The van der Waals surface area contributed by atoms with Gasteiger partial charge in [-0.25, -0.2) is 15.0 Å². The smallest absolute Gasteiger partial charge is 0.164 e. The van der Waals surface area contributed by atoms with Gasteiger partial charge in [0.15, 0.2) is 17.5 Å². The van der Waals surface area contributed by atoms with Crippen molar-refractivity contribution in [1.82, 2.24) is 15.0 Å². The van der Waals surface area contributed by atoms with Gasteiger partial charge in [-0.3, -0.25) is 0 Å². The molecule has 3 aromatic heterocycles. The van der Waals surface area contributed by atoms with Crippen LogP contribution < -0.4 is 0 Å². The van der Waals surface area contributed by atoms with E-state index in [2.05, 4.69) is 206 Å². The van der Waals surface area contributed by atoms with Crippen LogP contribution in [0.5, 0.6) is 0 Å². The molecule has 0 saturated heterocycles. The summed E-state index contributed by atoms with van der Waals surface area (Å²) >= 11 is 0. The molecule has 75 heavy (non-hydrogen) atoms. The van der Waals surface area contributed by atoms with Gasteiger partial charge in [-0.2, -0.15) is 0 Å². The average molecular weight is 958 g/mol. The van der Waals surface area contributed by atoms with Gasteiger partial charge in [-0.1, -0.05) is 224 Å². The van der Waals surface area contributed by atoms with E-state index in [4.69, 9.17) is 23.8 Å². The first-order valence-corrected chi connectivity index (χ1v) is 25.4. The largest absolute Gasteiger partial charge is 0.456 e. The fourth-order valence-corrected chi connectivity index (χ4v) is 11.9. The molecule has 14 aromatic rings. The quantitative estimate of drug-likeness (QED) is 0.152. The Bertz CT molecular complexity index is 4480. The summed E-state index contributed by atoms with van der Waals surface area (Å²) in [6.45, 7) is 0. The van der Waals surface area contributed by atoms with Crippen molar-refractivity contribution in [2.24, 2.45) is 0 Å². The molecule has 5 heteroatoms. The standard InChI is InChI=1S/C70H43N3O2/c1-4-18-46(19-5-1)51-24-10-11-26-54(51)67-71-68(56-28-16-32-63-65(56)55-27-13-15-31-61(55)74-63)73-69(72-67)57-29-17-33-64-66(57)58-42-47(39-41-62(58)75-64)44-34-36-45(37-35-44)48-38-40-53-52-25-12-14-30-59(52)70(60(53)43-48,49-20-6-2-7-21-49)50-22-8-3-9-23-50/h1-43H. The Morgan fingerprint density at radius 1 is 0.253 bits per heavy atom. The van der Waals surface area contributed by atoms with Crippen molar-refractivity contribution in [2.75, 3.05) is 0 Å². The van der Waals surface area contributed by atoms with E-state index in [9.17, 15) is 0 Å². The number of fused-ring (bicyclic) bond motifs is 9. The van der Waals surface area contributed by atoms with Gasteiger partial charge in [0.2, 0.25) is 0 Å². The number of benzene rings is 11. The number of aromatic nitrogens is 3. The Balaban J connectivity index is 0.858. The summed E-state index contributed by atoms with van der Waals surface area (Å²) < 4.78 is 13.0. The number of rotatable bonds is 8. The minimum absolute atomic E-state index is 0.466. The van der Waals surface area contributed by atoms with Gasteiger partial charge >= 0.3 is 0 Å². The van der Waals surface area contributed by atoms with Crippen molar-refractivity contribution in [1.29, 1.82) is 0 Å². The van der Waals surface area contributed by atoms with Crippen molar-refractivity contribution < 1.29 is 8.83 Å². The van der Waals surface area contributed by atoms with Gasteiger partial charge in [0.1, 0.15) is 22.3 Å². The molecule has 0 bridgehead atoms. The van der Waals surface area contributed by atoms with Crippen molar-refractivity contribution in [3.8, 4) is 78.7 Å². The van der Waals surface area contributed by atoms with E-state index in [1.807, 2.05) is 54.6 Å². The Morgan fingerprint density at radius 3 is 1.35 bits per heavy atom. The number of hydrogen-bond acceptors (Lipinski definition) is 5. The first-order valence-electron chi connectivity index (χ1n) is 25.4. The molecule has 3 heterocycles. The second-order valence-electron chi connectivity index (χ2n) is 19.4. The van der Waals surface area contributed by atoms with E-state index in [0.717, 1.165) is 88.4 Å². The second kappa shape index (κ2) is 17.1. The summed E-state index contributed by atoms with van der Waals surface area (Å²) in [5, 5.41) is 3.89. The predicted octanol–water partition coefficient (Wildman–Crippen LogP) is 18.0. The minimum Gasteiger partial charge on any atom is -0.456 e. The third-order valence-electron chi connectivity index (χ3n) is 15.3. The van der Waals surface area contributed by atoms with Gasteiger partial charge in [-0.15, -0.1) is 0 Å². The van der Waals surface area contributed by atoms with E-state index in [-0.39, 0.29) is 0 Å². The summed E-state index contributed by atoms with van der Waals surface area (Å²) in [7, 11) is 0. The zero-order valence-corrected chi connectivity index (χ0v) is 40.5. The molecule has 15 rings (SSSR count). The molecule has 0 radical (unpaired) electrons. The summed E-state index contributed by atoms with van der Waals surface area (Å²) in [5.41, 5.74) is 19.6. The zero-order chi connectivity index (χ0) is 49.5. The summed E-state index contributed by atoms with van der Waals surface area (Å²) in [6, 6.07) is 92.4. The van der Waals surface area contributed by atoms with Crippen LogP contribution in [0.2, 0.25) is 0 Å². The highest BCUT2D eigenvalue weighted by molar-refractivity contribution is 6.14. The molecule has 350 valence electrons. The van der Waals surface area contributed by atoms with E-state index >= 15 is 0 Å². The zero-order valence-electron chi connectivity index (χ0n) is 40.5. The highest BCUT2D eigenvalue weighted by Gasteiger charge is 2.46. The van der Waals surface area contributed by atoms with Crippen molar-refractivity contribution in [3.05, 3.63) is 283 Å². The summed E-state index contributed by atoms with van der Waals surface area (Å²) in [6.07, 6.45) is 0. The van der Waals surface area contributed by atoms with Gasteiger partial charge in [-0.05, 0) is 103 Å². The van der Waals surface area contributed by atoms with Crippen LogP contribution in [0.25, 0.3) is 123 Å². The van der Waals surface area contributed by atoms with Crippen molar-refractivity contribution in [3.63, 3.8) is 0 Å². The molecular formula is C70H43N3O2. The van der Waals surface area contributed by atoms with Crippen molar-refractivity contribution >= 4 is 43.9 Å². The molecule has 0 amide bonds. The minimum atomic E-state index is -0.466. The first-order chi connectivity index (χ1) is 37.2. The molecule has 0 N–H and O–H groups in total. The lowest BCUT2D eigenvalue weighted by atomic mass is 9.67. The highest BCUT2D eigenvalue weighted by Crippen LogP contribution is 2.57. The van der Waals surface area contributed by atoms with E-state index < -0.39 is 5.41 Å². The molecule has 0 spiro atoms. The fraction of sp³-hybridized carbons (Fsp3) is 0.0143. The topological polar surface area (TPSA) is 65.0 Å². The van der Waals surface area contributed by atoms with Crippen LogP contribution >= 0.6 is 0 Å². The monoisotopic (exact) mass is 957 g/mol. The third kappa shape index (κ3) is 6.75. The summed E-state index contributed by atoms with van der Waals surface area (Å²) in [5.74, 6) is 1.68. The van der Waals surface area contributed by atoms with E-state index in [0.29, 0.717) is 17.5 Å². The lowest BCUT2D eigenvalue weighted by molar-refractivity contribution is 0.668. The van der Waals surface area contributed by atoms with Crippen LogP contribution in [-0.2, 0) is 5.41 Å². The number of hydrogen-bond donors (Lipinski definition) is 0. The van der Waals surface area contributed by atoms with E-state index in [1.54, 1.807) is 0 Å². The normalized spacial score (nSPS) is 12.6. The van der Waals surface area contributed by atoms with Crippen molar-refractivity contribution in [2.45, 2.75) is 5.41 Å². The van der Waals surface area contributed by atoms with Crippen LogP contribution in [0.1, 0.15) is 22.3 Å². The molecule has 5 nitrogen and oxygen atoms in total. The molecule has 1 aliphatic carbocycles. The Morgan fingerprint density at radius 2 is 0.693 bits per heavy atom. The number of furan rings is 2. The Kier molecular flexibility index (Phi) is 9.72. The molecule has 0 unspecified atom stereocenters. The predicted molar refractivity (Wildman–Crippen MR) is 304 cm³/mol. The summed E-state index contributed by atoms with van der Waals surface area (Å²) in [4.78, 5) is 16.0. The van der Waals surface area contributed by atoms with Crippen LogP contribution in [0.3, 0.4) is 0 Å². The second-order valence-corrected chi connectivity index (χ2v) is 19.4. The third-order valence-corrected chi connectivity index (χ3v) is 15.3. The molecule has 0 saturated carbocycles. The average Bonchev–Trinajstić information content (AvgIpc) is 4.27. The van der Waals surface area contributed by atoms with Crippen LogP contribution in [0.15, 0.2) is 270 Å². The SMILES string of the molecule is c1ccc(-c2ccccc2-c2nc(-c3cccc4oc5ccccc5c34)nc(-c3cccc4oc5ccc(-c6ccc(-c7ccc8c(c7)C(c7ccccc7)(c7ccccc7)c7ccccc7-8)cc6)cc5c34)n2)cc1. The molecule has 0 aliphatic heterocycles. The maximum Gasteiger partial charge on any atom is 0.164 e. The van der Waals surface area contributed by atoms with Gasteiger partial charge in [0.25, 0.3) is 0 Å². The van der Waals surface area contributed by atoms with Gasteiger partial charge in [0, 0.05) is 38.2 Å². The molecular weight excluding hydrogens is 915 g/mol. The molecule has 0 atom stereocenters. The molecule has 0 fully saturated rings. The number of nitrogens with zero attached hydrogens (tertiary/aromatic N) is 3. The maximum absolute atomic E-state index is 6.64. The molecule has 1 aliphatic rings. The van der Waals surface area contributed by atoms with Crippen LogP contribution in [0, 0.1) is 0 Å². The molecule has 11 aromatic carbocycles. The maximum atomic E-state index is 6.64. The Hall–Kier alpha value is -9.97. The van der Waals surface area contributed by atoms with Gasteiger partial charge < -0.3 is 8.83 Å². The van der Waals surface area contributed by atoms with E-state index in [1.165, 1.54) is 38.9 Å². The van der Waals surface area contributed by atoms with Gasteiger partial charge in [0.05, 0.1) is 5.41 Å². The lowest BCUT2D eigenvalue weighted by Gasteiger charge is -2.34. The van der Waals surface area contributed by atoms with Crippen LogP contribution in [-0.4, -0.2) is 15.0 Å². The highest BCUT2D eigenvalue weighted by atomic mass is 16.3. The first kappa shape index (κ1) is 42.7.